The normalized spacial score (nSPS) is 20.4. The van der Waals surface area contributed by atoms with E-state index in [1.54, 1.807) is 11.0 Å². The number of nitrogens with one attached hydrogen (secondary N) is 1. The van der Waals surface area contributed by atoms with Crippen molar-refractivity contribution in [2.45, 2.75) is 39.2 Å². The van der Waals surface area contributed by atoms with Crippen LogP contribution in [0.1, 0.15) is 35.8 Å². The molecule has 0 spiro atoms. The zero-order valence-corrected chi connectivity index (χ0v) is 14.0. The highest BCUT2D eigenvalue weighted by Gasteiger charge is 2.38. The third-order valence-electron chi connectivity index (χ3n) is 4.19. The molecule has 1 fully saturated rings. The molecular weight excluding hydrogens is 310 g/mol. The smallest absolute Gasteiger partial charge is 0.230 e. The van der Waals surface area contributed by atoms with Crippen LogP contribution in [0.2, 0.25) is 0 Å². The van der Waals surface area contributed by atoms with Crippen molar-refractivity contribution in [1.29, 1.82) is 0 Å². The van der Waals surface area contributed by atoms with Crippen LogP contribution in [0.15, 0.2) is 27.1 Å². The first-order valence-corrected chi connectivity index (χ1v) is 7.96. The van der Waals surface area contributed by atoms with Crippen molar-refractivity contribution in [3.63, 3.8) is 0 Å². The quantitative estimate of drug-likeness (QED) is 0.918. The minimum Gasteiger partial charge on any atom is -0.466 e. The van der Waals surface area contributed by atoms with E-state index in [-0.39, 0.29) is 30.2 Å². The molecule has 1 N–H and O–H groups in total. The van der Waals surface area contributed by atoms with Crippen molar-refractivity contribution in [1.82, 2.24) is 15.4 Å². The lowest BCUT2D eigenvalue weighted by atomic mass is 10.0. The van der Waals surface area contributed by atoms with Crippen LogP contribution in [-0.2, 0) is 16.0 Å². The highest BCUT2D eigenvalue weighted by atomic mass is 16.5. The molecule has 2 aromatic rings. The number of aryl methyl sites for hydroxylation is 2. The van der Waals surface area contributed by atoms with Crippen molar-refractivity contribution >= 4 is 11.8 Å². The van der Waals surface area contributed by atoms with Crippen LogP contribution >= 0.6 is 0 Å². The molecule has 1 aliphatic rings. The van der Waals surface area contributed by atoms with Gasteiger partial charge in [0.1, 0.15) is 17.3 Å². The Balaban J connectivity index is 1.73. The lowest BCUT2D eigenvalue weighted by Gasteiger charge is -2.16. The molecule has 0 bridgehead atoms. The van der Waals surface area contributed by atoms with E-state index >= 15 is 0 Å². The molecule has 7 nitrogen and oxygen atoms in total. The van der Waals surface area contributed by atoms with Crippen LogP contribution in [0, 0.1) is 13.8 Å². The summed E-state index contributed by atoms with van der Waals surface area (Å²) in [5, 5.41) is 6.72. The van der Waals surface area contributed by atoms with Gasteiger partial charge in [0.2, 0.25) is 11.8 Å². The predicted octanol–water partition coefficient (Wildman–Crippen LogP) is 1.56. The van der Waals surface area contributed by atoms with Crippen molar-refractivity contribution in [3.05, 3.63) is 41.2 Å². The van der Waals surface area contributed by atoms with E-state index < -0.39 is 0 Å². The van der Waals surface area contributed by atoms with Gasteiger partial charge in [-0.25, -0.2) is 0 Å². The summed E-state index contributed by atoms with van der Waals surface area (Å²) in [7, 11) is 0. The van der Waals surface area contributed by atoms with Gasteiger partial charge in [-0.3, -0.25) is 9.59 Å². The summed E-state index contributed by atoms with van der Waals surface area (Å²) in [6.45, 7) is 6.13. The van der Waals surface area contributed by atoms with Crippen LogP contribution in [-0.4, -0.2) is 41.0 Å². The van der Waals surface area contributed by atoms with Gasteiger partial charge in [-0.15, -0.1) is 0 Å². The van der Waals surface area contributed by atoms with Crippen molar-refractivity contribution in [2.24, 2.45) is 0 Å². The third-order valence-corrected chi connectivity index (χ3v) is 4.19. The Morgan fingerprint density at radius 3 is 2.71 bits per heavy atom. The van der Waals surface area contributed by atoms with Crippen LogP contribution in [0.25, 0.3) is 0 Å². The molecule has 1 saturated heterocycles. The summed E-state index contributed by atoms with van der Waals surface area (Å²) in [4.78, 5) is 25.8. The molecule has 24 heavy (non-hydrogen) atoms. The summed E-state index contributed by atoms with van der Waals surface area (Å²) in [5.41, 5.74) is 0.749. The number of furan rings is 1. The number of rotatable bonds is 4. The average molecular weight is 331 g/mol. The maximum Gasteiger partial charge on any atom is 0.230 e. The zero-order valence-electron chi connectivity index (χ0n) is 14.0. The maximum absolute atomic E-state index is 12.5. The Kier molecular flexibility index (Phi) is 4.42. The Morgan fingerprint density at radius 2 is 2.12 bits per heavy atom. The largest absolute Gasteiger partial charge is 0.466 e. The van der Waals surface area contributed by atoms with Crippen molar-refractivity contribution < 1.29 is 18.5 Å². The molecule has 0 aromatic carbocycles. The maximum atomic E-state index is 12.5. The Morgan fingerprint density at radius 1 is 1.33 bits per heavy atom. The molecule has 0 aliphatic carbocycles. The Hall–Kier alpha value is -2.57. The Labute approximate surface area is 140 Å². The minimum absolute atomic E-state index is 0.0488. The van der Waals surface area contributed by atoms with Crippen LogP contribution in [0.3, 0.4) is 0 Å². The lowest BCUT2D eigenvalue weighted by molar-refractivity contribution is -0.130. The molecule has 2 atom stereocenters. The van der Waals surface area contributed by atoms with Gasteiger partial charge in [-0.05, 0) is 26.0 Å². The molecule has 1 aliphatic heterocycles. The fourth-order valence-corrected chi connectivity index (χ4v) is 3.12. The van der Waals surface area contributed by atoms with Gasteiger partial charge >= 0.3 is 0 Å². The van der Waals surface area contributed by atoms with Crippen LogP contribution < -0.4 is 5.32 Å². The summed E-state index contributed by atoms with van der Waals surface area (Å²) >= 11 is 0. The van der Waals surface area contributed by atoms with Crippen LogP contribution in [0.5, 0.6) is 0 Å². The second kappa shape index (κ2) is 6.51. The van der Waals surface area contributed by atoms with E-state index in [0.29, 0.717) is 18.8 Å². The molecule has 0 radical (unpaired) electrons. The molecule has 2 aromatic heterocycles. The highest BCUT2D eigenvalue weighted by Crippen LogP contribution is 2.29. The fourth-order valence-electron chi connectivity index (χ4n) is 3.12. The molecule has 3 heterocycles. The van der Waals surface area contributed by atoms with Gasteiger partial charge in [0.05, 0.1) is 24.1 Å². The predicted molar refractivity (Wildman–Crippen MR) is 85.3 cm³/mol. The number of aromatic nitrogens is 1. The van der Waals surface area contributed by atoms with Crippen molar-refractivity contribution in [2.75, 3.05) is 13.1 Å². The number of likely N-dealkylation sites (tertiary alicyclic amines) is 1. The first kappa shape index (κ1) is 16.3. The standard InChI is InChI=1S/C17H21N3O4/c1-10-6-13(24-19-10)7-17(22)20-8-14(15(9-20)18-12(3)21)16-5-4-11(2)23-16/h4-6,14-15H,7-9H2,1-3H3,(H,18,21)/t14-,15-/m1/s1. The van der Waals surface area contributed by atoms with E-state index in [0.717, 1.165) is 17.2 Å². The number of hydrogen-bond acceptors (Lipinski definition) is 5. The topological polar surface area (TPSA) is 88.6 Å². The van der Waals surface area contributed by atoms with Gasteiger partial charge in [-0.1, -0.05) is 5.16 Å². The second-order valence-corrected chi connectivity index (χ2v) is 6.27. The summed E-state index contributed by atoms with van der Waals surface area (Å²) in [5.74, 6) is 1.93. The highest BCUT2D eigenvalue weighted by molar-refractivity contribution is 5.79. The second-order valence-electron chi connectivity index (χ2n) is 6.27. The number of nitrogens with zero attached hydrogens (tertiary/aromatic N) is 2. The number of hydrogen-bond donors (Lipinski definition) is 1. The van der Waals surface area contributed by atoms with Gasteiger partial charge in [0.25, 0.3) is 0 Å². The molecule has 2 amide bonds. The number of carbonyl (C=O) groups is 2. The molecule has 0 saturated carbocycles. The van der Waals surface area contributed by atoms with E-state index in [1.165, 1.54) is 6.92 Å². The average Bonchev–Trinajstić information content (AvgIpc) is 3.19. The first-order chi connectivity index (χ1) is 11.4. The number of carbonyl (C=O) groups excluding carboxylic acids is 2. The number of amides is 2. The lowest BCUT2D eigenvalue weighted by Crippen LogP contribution is -2.39. The SMILES string of the molecule is CC(=O)N[C@@H]1CN(C(=O)Cc2cc(C)no2)C[C@H]1c1ccc(C)o1. The van der Waals surface area contributed by atoms with E-state index in [4.69, 9.17) is 8.94 Å². The molecule has 128 valence electrons. The van der Waals surface area contributed by atoms with Gasteiger partial charge in [0, 0.05) is 26.1 Å². The summed E-state index contributed by atoms with van der Waals surface area (Å²) in [6, 6.07) is 5.39. The summed E-state index contributed by atoms with van der Waals surface area (Å²) in [6.07, 6.45) is 0.164. The molecule has 3 rings (SSSR count). The van der Waals surface area contributed by atoms with E-state index in [1.807, 2.05) is 26.0 Å². The van der Waals surface area contributed by atoms with Crippen molar-refractivity contribution in [3.8, 4) is 0 Å². The fraction of sp³-hybridized carbons (Fsp3) is 0.471. The first-order valence-electron chi connectivity index (χ1n) is 7.96. The van der Waals surface area contributed by atoms with E-state index in [2.05, 4.69) is 10.5 Å². The van der Waals surface area contributed by atoms with E-state index in [9.17, 15) is 9.59 Å². The van der Waals surface area contributed by atoms with Crippen LogP contribution in [0.4, 0.5) is 0 Å². The van der Waals surface area contributed by atoms with Gasteiger partial charge in [-0.2, -0.15) is 0 Å². The third kappa shape index (κ3) is 3.50. The monoisotopic (exact) mass is 331 g/mol. The van der Waals surface area contributed by atoms with Gasteiger partial charge < -0.3 is 19.2 Å². The molecular formula is C17H21N3O4. The Bertz CT molecular complexity index is 749. The zero-order chi connectivity index (χ0) is 17.3. The van der Waals surface area contributed by atoms with Gasteiger partial charge in [0.15, 0.2) is 0 Å². The molecule has 7 heteroatoms. The summed E-state index contributed by atoms with van der Waals surface area (Å²) < 4.78 is 10.8. The minimum atomic E-state index is -0.159. The molecule has 0 unspecified atom stereocenters.